The minimum Gasteiger partial charge on any atom is -0.389 e. The van der Waals surface area contributed by atoms with E-state index < -0.39 is 12.2 Å². The summed E-state index contributed by atoms with van der Waals surface area (Å²) in [5, 5.41) is 19.7. The van der Waals surface area contributed by atoms with Crippen molar-refractivity contribution in [1.29, 1.82) is 0 Å². The van der Waals surface area contributed by atoms with Crippen molar-refractivity contribution < 1.29 is 14.9 Å². The fraction of sp³-hybridized carbons (Fsp3) is 0.833. The molecule has 3 heteroatoms. The molecule has 0 aromatic rings. The summed E-state index contributed by atoms with van der Waals surface area (Å²) in [7, 11) is 1.56. The normalized spacial score (nSPS) is 33.7. The molecule has 0 heterocycles. The van der Waals surface area contributed by atoms with Gasteiger partial charge in [0.25, 0.3) is 0 Å². The van der Waals surface area contributed by atoms with Gasteiger partial charge in [0, 0.05) is 13.5 Å². The van der Waals surface area contributed by atoms with E-state index in [1.165, 1.54) is 0 Å². The Labute approximate surface area is 91.8 Å². The first kappa shape index (κ1) is 12.7. The maximum atomic E-state index is 9.93. The van der Waals surface area contributed by atoms with Crippen LogP contribution >= 0.6 is 0 Å². The van der Waals surface area contributed by atoms with E-state index in [4.69, 9.17) is 4.74 Å². The maximum absolute atomic E-state index is 9.93. The fourth-order valence-electron chi connectivity index (χ4n) is 2.24. The molecule has 15 heavy (non-hydrogen) atoms. The standard InChI is InChI=1S/C12H22O3/c1-4-5-8(2)9-6-11(14)12(15-3)7-10(9)13/h6,8,10-14H,4-5,7H2,1-3H3. The number of ether oxygens (including phenoxy) is 1. The molecule has 88 valence electrons. The Morgan fingerprint density at radius 2 is 2.20 bits per heavy atom. The van der Waals surface area contributed by atoms with Gasteiger partial charge in [-0.1, -0.05) is 26.3 Å². The van der Waals surface area contributed by atoms with E-state index in [2.05, 4.69) is 13.8 Å². The second kappa shape index (κ2) is 5.64. The number of hydrogen-bond donors (Lipinski definition) is 2. The van der Waals surface area contributed by atoms with Gasteiger partial charge in [0.2, 0.25) is 0 Å². The highest BCUT2D eigenvalue weighted by atomic mass is 16.5. The Kier molecular flexibility index (Phi) is 4.77. The van der Waals surface area contributed by atoms with E-state index in [1.54, 1.807) is 13.2 Å². The summed E-state index contributed by atoms with van der Waals surface area (Å²) in [4.78, 5) is 0. The molecule has 1 aliphatic carbocycles. The molecule has 0 saturated heterocycles. The van der Waals surface area contributed by atoms with Crippen LogP contribution in [0, 0.1) is 5.92 Å². The van der Waals surface area contributed by atoms with E-state index in [0.717, 1.165) is 18.4 Å². The van der Waals surface area contributed by atoms with Crippen LogP contribution in [0.25, 0.3) is 0 Å². The van der Waals surface area contributed by atoms with Gasteiger partial charge in [-0.3, -0.25) is 0 Å². The van der Waals surface area contributed by atoms with Crippen LogP contribution in [-0.2, 0) is 4.74 Å². The predicted molar refractivity (Wildman–Crippen MR) is 59.6 cm³/mol. The third kappa shape index (κ3) is 3.03. The first-order chi connectivity index (χ1) is 7.10. The quantitative estimate of drug-likeness (QED) is 0.697. The third-order valence-corrected chi connectivity index (χ3v) is 3.18. The van der Waals surface area contributed by atoms with Gasteiger partial charge in [0.15, 0.2) is 0 Å². The van der Waals surface area contributed by atoms with E-state index in [9.17, 15) is 10.2 Å². The third-order valence-electron chi connectivity index (χ3n) is 3.18. The van der Waals surface area contributed by atoms with Crippen LogP contribution in [0.1, 0.15) is 33.1 Å². The summed E-state index contributed by atoms with van der Waals surface area (Å²) in [6.07, 6.45) is 3.10. The molecule has 0 radical (unpaired) electrons. The lowest BCUT2D eigenvalue weighted by atomic mass is 9.83. The van der Waals surface area contributed by atoms with Crippen LogP contribution in [0.4, 0.5) is 0 Å². The van der Waals surface area contributed by atoms with Crippen LogP contribution in [0.2, 0.25) is 0 Å². The Balaban J connectivity index is 2.71. The van der Waals surface area contributed by atoms with Gasteiger partial charge in [-0.15, -0.1) is 0 Å². The lowest BCUT2D eigenvalue weighted by molar-refractivity contribution is -0.0248. The maximum Gasteiger partial charge on any atom is 0.0987 e. The molecule has 0 aromatic carbocycles. The zero-order valence-corrected chi connectivity index (χ0v) is 9.81. The van der Waals surface area contributed by atoms with Crippen LogP contribution in [0.3, 0.4) is 0 Å². The van der Waals surface area contributed by atoms with E-state index in [1.807, 2.05) is 0 Å². The summed E-state index contributed by atoms with van der Waals surface area (Å²) in [6, 6.07) is 0. The Hall–Kier alpha value is -0.380. The van der Waals surface area contributed by atoms with Gasteiger partial charge < -0.3 is 14.9 Å². The minimum absolute atomic E-state index is 0.266. The van der Waals surface area contributed by atoms with Crippen molar-refractivity contribution in [3.05, 3.63) is 11.6 Å². The van der Waals surface area contributed by atoms with Crippen LogP contribution in [0.15, 0.2) is 11.6 Å². The average molecular weight is 214 g/mol. The van der Waals surface area contributed by atoms with E-state index >= 15 is 0 Å². The second-order valence-electron chi connectivity index (χ2n) is 4.37. The Morgan fingerprint density at radius 3 is 2.73 bits per heavy atom. The van der Waals surface area contributed by atoms with Crippen molar-refractivity contribution in [2.75, 3.05) is 7.11 Å². The van der Waals surface area contributed by atoms with Gasteiger partial charge in [0.05, 0.1) is 18.3 Å². The molecule has 0 spiro atoms. The summed E-state index contributed by atoms with van der Waals surface area (Å²) < 4.78 is 5.11. The lowest BCUT2D eigenvalue weighted by Crippen LogP contribution is -2.37. The van der Waals surface area contributed by atoms with Gasteiger partial charge in [-0.2, -0.15) is 0 Å². The Bertz CT molecular complexity index is 225. The van der Waals surface area contributed by atoms with Crippen molar-refractivity contribution in [2.24, 2.45) is 5.92 Å². The van der Waals surface area contributed by atoms with Crippen molar-refractivity contribution in [3.63, 3.8) is 0 Å². The molecule has 1 aliphatic rings. The molecule has 4 unspecified atom stereocenters. The van der Waals surface area contributed by atoms with Gasteiger partial charge in [-0.25, -0.2) is 0 Å². The molecular weight excluding hydrogens is 192 g/mol. The number of aliphatic hydroxyl groups is 2. The van der Waals surface area contributed by atoms with Crippen LogP contribution in [-0.4, -0.2) is 35.6 Å². The molecule has 2 N–H and O–H groups in total. The highest BCUT2D eigenvalue weighted by Gasteiger charge is 2.30. The molecule has 0 aliphatic heterocycles. The summed E-state index contributed by atoms with van der Waals surface area (Å²) >= 11 is 0. The summed E-state index contributed by atoms with van der Waals surface area (Å²) in [6.45, 7) is 4.22. The van der Waals surface area contributed by atoms with Crippen molar-refractivity contribution >= 4 is 0 Å². The monoisotopic (exact) mass is 214 g/mol. The fourth-order valence-corrected chi connectivity index (χ4v) is 2.24. The minimum atomic E-state index is -0.576. The van der Waals surface area contributed by atoms with Crippen molar-refractivity contribution in [1.82, 2.24) is 0 Å². The largest absolute Gasteiger partial charge is 0.389 e. The first-order valence-electron chi connectivity index (χ1n) is 5.70. The molecule has 0 bridgehead atoms. The topological polar surface area (TPSA) is 49.7 Å². The second-order valence-corrected chi connectivity index (χ2v) is 4.37. The van der Waals surface area contributed by atoms with Gasteiger partial charge >= 0.3 is 0 Å². The molecule has 4 atom stereocenters. The zero-order chi connectivity index (χ0) is 11.4. The van der Waals surface area contributed by atoms with E-state index in [0.29, 0.717) is 12.3 Å². The molecule has 0 fully saturated rings. The highest BCUT2D eigenvalue weighted by molar-refractivity contribution is 5.19. The number of methoxy groups -OCH3 is 1. The smallest absolute Gasteiger partial charge is 0.0987 e. The SMILES string of the molecule is CCCC(C)C1=CC(O)C(OC)CC1O. The van der Waals surface area contributed by atoms with E-state index in [-0.39, 0.29) is 6.10 Å². The van der Waals surface area contributed by atoms with Gasteiger partial charge in [0.1, 0.15) is 0 Å². The predicted octanol–water partition coefficient (Wildman–Crippen LogP) is 1.49. The molecule has 0 amide bonds. The zero-order valence-electron chi connectivity index (χ0n) is 9.81. The molecule has 1 rings (SSSR count). The highest BCUT2D eigenvalue weighted by Crippen LogP contribution is 2.28. The number of rotatable bonds is 4. The molecular formula is C12H22O3. The van der Waals surface area contributed by atoms with Crippen LogP contribution < -0.4 is 0 Å². The Morgan fingerprint density at radius 1 is 1.53 bits per heavy atom. The number of aliphatic hydroxyl groups excluding tert-OH is 2. The van der Waals surface area contributed by atoms with Gasteiger partial charge in [-0.05, 0) is 17.9 Å². The molecule has 0 saturated carbocycles. The first-order valence-corrected chi connectivity index (χ1v) is 5.70. The summed E-state index contributed by atoms with van der Waals surface area (Å²) in [5.74, 6) is 0.345. The molecule has 0 aromatic heterocycles. The molecule has 3 nitrogen and oxygen atoms in total. The van der Waals surface area contributed by atoms with Crippen molar-refractivity contribution in [2.45, 2.75) is 51.4 Å². The average Bonchev–Trinajstić information content (AvgIpc) is 2.21. The summed E-state index contributed by atoms with van der Waals surface area (Å²) in [5.41, 5.74) is 0.970. The lowest BCUT2D eigenvalue weighted by Gasteiger charge is -2.32. The number of hydrogen-bond acceptors (Lipinski definition) is 3. The van der Waals surface area contributed by atoms with Crippen molar-refractivity contribution in [3.8, 4) is 0 Å². The van der Waals surface area contributed by atoms with Crippen LogP contribution in [0.5, 0.6) is 0 Å².